The second-order valence-electron chi connectivity index (χ2n) is 9.54. The molecule has 1 fully saturated rings. The molecule has 170 valence electrons. The molecule has 1 aliphatic rings. The summed E-state index contributed by atoms with van der Waals surface area (Å²) in [6.07, 6.45) is 3.28. The number of aryl methyl sites for hydroxylation is 1. The molecule has 4 rings (SSSR count). The quantitative estimate of drug-likeness (QED) is 0.579. The second-order valence-corrected chi connectivity index (χ2v) is 9.54. The van der Waals surface area contributed by atoms with Gasteiger partial charge in [0.1, 0.15) is 29.2 Å². The van der Waals surface area contributed by atoms with Crippen LogP contribution in [-0.4, -0.2) is 56.3 Å². The van der Waals surface area contributed by atoms with Gasteiger partial charge in [0, 0.05) is 37.1 Å². The van der Waals surface area contributed by atoms with E-state index in [-0.39, 0.29) is 24.0 Å². The Hall–Kier alpha value is -3.16. The largest absolute Gasteiger partial charge is 0.444 e. The van der Waals surface area contributed by atoms with Crippen LogP contribution in [0.3, 0.4) is 0 Å². The summed E-state index contributed by atoms with van der Waals surface area (Å²) in [6.45, 7) is 12.9. The van der Waals surface area contributed by atoms with Crippen LogP contribution in [0.25, 0.3) is 16.7 Å². The summed E-state index contributed by atoms with van der Waals surface area (Å²) in [5.41, 5.74) is 2.12. The van der Waals surface area contributed by atoms with Crippen molar-refractivity contribution in [2.24, 2.45) is 0 Å². The molecule has 0 N–H and O–H groups in total. The first-order chi connectivity index (χ1) is 15.0. The van der Waals surface area contributed by atoms with Gasteiger partial charge >= 0.3 is 6.09 Å². The van der Waals surface area contributed by atoms with Gasteiger partial charge in [0.25, 0.3) is 0 Å². The van der Waals surface area contributed by atoms with Crippen molar-refractivity contribution < 1.29 is 13.9 Å². The Morgan fingerprint density at radius 3 is 2.44 bits per heavy atom. The average molecular weight is 440 g/mol. The van der Waals surface area contributed by atoms with Gasteiger partial charge in [-0.1, -0.05) is 0 Å². The zero-order valence-corrected chi connectivity index (χ0v) is 19.5. The van der Waals surface area contributed by atoms with Gasteiger partial charge in [-0.25, -0.2) is 19.2 Å². The maximum absolute atomic E-state index is 13.4. The number of anilines is 1. The van der Waals surface area contributed by atoms with Gasteiger partial charge in [-0.3, -0.25) is 0 Å². The van der Waals surface area contributed by atoms with Gasteiger partial charge in [-0.15, -0.1) is 0 Å². The fourth-order valence-electron chi connectivity index (χ4n) is 4.23. The van der Waals surface area contributed by atoms with Crippen LogP contribution >= 0.6 is 0 Å². The number of carbonyl (C=O) groups is 1. The van der Waals surface area contributed by atoms with Gasteiger partial charge in [-0.2, -0.15) is 0 Å². The average Bonchev–Trinajstić information content (AvgIpc) is 3.05. The van der Waals surface area contributed by atoms with E-state index in [1.54, 1.807) is 23.4 Å². The number of ether oxygens (including phenoxy) is 1. The number of piperazine rings is 1. The fraction of sp³-hybridized carbons (Fsp3) is 0.458. The van der Waals surface area contributed by atoms with Crippen molar-refractivity contribution >= 4 is 22.9 Å². The van der Waals surface area contributed by atoms with Crippen LogP contribution < -0.4 is 4.90 Å². The normalized spacial score (nSPS) is 19.5. The molecule has 0 radical (unpaired) electrons. The van der Waals surface area contributed by atoms with Crippen LogP contribution in [0.2, 0.25) is 0 Å². The van der Waals surface area contributed by atoms with Gasteiger partial charge in [0.2, 0.25) is 0 Å². The molecule has 1 aromatic carbocycles. The Labute approximate surface area is 187 Å². The highest BCUT2D eigenvalue weighted by Crippen LogP contribution is 2.33. The molecular formula is C24H30FN5O2. The van der Waals surface area contributed by atoms with E-state index < -0.39 is 5.60 Å². The van der Waals surface area contributed by atoms with Crippen molar-refractivity contribution in [1.29, 1.82) is 0 Å². The molecule has 7 nitrogen and oxygen atoms in total. The number of carbonyl (C=O) groups excluding carboxylic acids is 1. The zero-order valence-electron chi connectivity index (χ0n) is 19.5. The Morgan fingerprint density at radius 2 is 1.78 bits per heavy atom. The monoisotopic (exact) mass is 439 g/mol. The van der Waals surface area contributed by atoms with E-state index in [9.17, 15) is 9.18 Å². The molecule has 0 spiro atoms. The fourth-order valence-corrected chi connectivity index (χ4v) is 4.23. The third kappa shape index (κ3) is 4.13. The number of hydrogen-bond donors (Lipinski definition) is 0. The first-order valence-electron chi connectivity index (χ1n) is 10.9. The second kappa shape index (κ2) is 8.07. The summed E-state index contributed by atoms with van der Waals surface area (Å²) in [4.78, 5) is 25.9. The Morgan fingerprint density at radius 1 is 1.09 bits per heavy atom. The van der Waals surface area contributed by atoms with Crippen LogP contribution in [0, 0.1) is 12.7 Å². The standard InChI is InChI=1S/C24H30FN5O2/c1-15-11-30(19-9-7-18(25)8-10-19)22-20(15)21(26-14-27-22)28-12-17(3)29(13-16(28)2)23(31)32-24(4,5)6/h7-11,14,16-17H,12-13H2,1-6H3/t16-,17+/m0/s1. The molecule has 3 aromatic rings. The van der Waals surface area contributed by atoms with Gasteiger partial charge in [0.05, 0.1) is 5.39 Å². The zero-order chi connectivity index (χ0) is 23.2. The molecule has 0 aliphatic carbocycles. The molecule has 1 aliphatic heterocycles. The highest BCUT2D eigenvalue weighted by molar-refractivity contribution is 5.92. The first kappa shape index (κ1) is 22.0. The lowest BCUT2D eigenvalue weighted by atomic mass is 10.1. The Balaban J connectivity index is 1.67. The van der Waals surface area contributed by atoms with Gasteiger partial charge < -0.3 is 19.1 Å². The van der Waals surface area contributed by atoms with Crippen molar-refractivity contribution in [2.45, 2.75) is 59.2 Å². The number of hydrogen-bond acceptors (Lipinski definition) is 5. The minimum Gasteiger partial charge on any atom is -0.444 e. The predicted molar refractivity (Wildman–Crippen MR) is 123 cm³/mol. The van der Waals surface area contributed by atoms with Crippen LogP contribution in [0.15, 0.2) is 36.8 Å². The lowest BCUT2D eigenvalue weighted by Crippen LogP contribution is -2.59. The van der Waals surface area contributed by atoms with Crippen LogP contribution in [0.1, 0.15) is 40.2 Å². The molecule has 0 unspecified atom stereocenters. The highest BCUT2D eigenvalue weighted by atomic mass is 19.1. The summed E-state index contributed by atoms with van der Waals surface area (Å²) in [5.74, 6) is 0.569. The summed E-state index contributed by atoms with van der Waals surface area (Å²) < 4.78 is 21.0. The molecule has 32 heavy (non-hydrogen) atoms. The van der Waals surface area contributed by atoms with E-state index in [1.165, 1.54) is 12.1 Å². The molecule has 2 atom stereocenters. The molecule has 1 amide bonds. The van der Waals surface area contributed by atoms with Crippen LogP contribution in [0.4, 0.5) is 15.0 Å². The number of fused-ring (bicyclic) bond motifs is 1. The maximum atomic E-state index is 13.4. The van der Waals surface area contributed by atoms with Crippen molar-refractivity contribution in [3.05, 3.63) is 48.2 Å². The molecule has 8 heteroatoms. The first-order valence-corrected chi connectivity index (χ1v) is 10.9. The molecule has 0 saturated carbocycles. The van der Waals surface area contributed by atoms with Crippen molar-refractivity contribution in [3.8, 4) is 5.69 Å². The number of halogens is 1. The summed E-state index contributed by atoms with van der Waals surface area (Å²) in [5, 5.41) is 0.960. The molecule has 0 bridgehead atoms. The predicted octanol–water partition coefficient (Wildman–Crippen LogP) is 4.70. The Bertz CT molecular complexity index is 1140. The van der Waals surface area contributed by atoms with Crippen LogP contribution in [-0.2, 0) is 4.74 Å². The van der Waals surface area contributed by atoms with E-state index in [0.717, 1.165) is 28.1 Å². The highest BCUT2D eigenvalue weighted by Gasteiger charge is 2.36. The molecule has 3 heterocycles. The summed E-state index contributed by atoms with van der Waals surface area (Å²) in [6, 6.07) is 6.37. The van der Waals surface area contributed by atoms with Gasteiger partial charge in [0.15, 0.2) is 0 Å². The van der Waals surface area contributed by atoms with E-state index in [4.69, 9.17) is 4.74 Å². The third-order valence-electron chi connectivity index (χ3n) is 5.74. The minimum absolute atomic E-state index is 0.0365. The number of nitrogens with zero attached hydrogens (tertiary/aromatic N) is 5. The molecule has 2 aromatic heterocycles. The van der Waals surface area contributed by atoms with Crippen LogP contribution in [0.5, 0.6) is 0 Å². The van der Waals surface area contributed by atoms with Crippen molar-refractivity contribution in [2.75, 3.05) is 18.0 Å². The Kier molecular flexibility index (Phi) is 5.56. The van der Waals surface area contributed by atoms with Crippen molar-refractivity contribution in [3.63, 3.8) is 0 Å². The smallest absolute Gasteiger partial charge is 0.410 e. The van der Waals surface area contributed by atoms with E-state index in [0.29, 0.717) is 13.1 Å². The molecule has 1 saturated heterocycles. The number of aromatic nitrogens is 3. The maximum Gasteiger partial charge on any atom is 0.410 e. The van der Waals surface area contributed by atoms with E-state index in [2.05, 4.69) is 21.8 Å². The lowest BCUT2D eigenvalue weighted by Gasteiger charge is -2.44. The molecular weight excluding hydrogens is 409 g/mol. The lowest BCUT2D eigenvalue weighted by molar-refractivity contribution is 0.0130. The number of rotatable bonds is 2. The third-order valence-corrected chi connectivity index (χ3v) is 5.74. The minimum atomic E-state index is -0.531. The topological polar surface area (TPSA) is 63.5 Å². The summed E-state index contributed by atoms with van der Waals surface area (Å²) >= 11 is 0. The van der Waals surface area contributed by atoms with E-state index >= 15 is 0 Å². The van der Waals surface area contributed by atoms with Crippen molar-refractivity contribution in [1.82, 2.24) is 19.4 Å². The van der Waals surface area contributed by atoms with E-state index in [1.807, 2.05) is 45.4 Å². The van der Waals surface area contributed by atoms with Gasteiger partial charge in [-0.05, 0) is 71.4 Å². The SMILES string of the molecule is Cc1cn(-c2ccc(F)cc2)c2ncnc(N3C[C@@H](C)N(C(=O)OC(C)(C)C)C[C@@H]3C)c12. The number of benzene rings is 1. The number of amides is 1. The summed E-state index contributed by atoms with van der Waals surface area (Å²) in [7, 11) is 0.